The van der Waals surface area contributed by atoms with E-state index in [1.807, 2.05) is 11.3 Å². The zero-order valence-corrected chi connectivity index (χ0v) is 12.4. The number of hydrogen-bond acceptors (Lipinski definition) is 2. The normalized spacial score (nSPS) is 29.8. The summed E-state index contributed by atoms with van der Waals surface area (Å²) in [6, 6.07) is 4.53. The quantitative estimate of drug-likeness (QED) is 0.849. The van der Waals surface area contributed by atoms with Crippen molar-refractivity contribution in [1.82, 2.24) is 5.32 Å². The van der Waals surface area contributed by atoms with Crippen molar-refractivity contribution in [2.45, 2.75) is 57.9 Å². The van der Waals surface area contributed by atoms with Crippen LogP contribution in [0.4, 0.5) is 0 Å². The van der Waals surface area contributed by atoms with Gasteiger partial charge in [0.1, 0.15) is 0 Å². The molecule has 1 aromatic heterocycles. The Morgan fingerprint density at radius 1 is 1.47 bits per heavy atom. The first kappa shape index (κ1) is 13.1. The van der Waals surface area contributed by atoms with E-state index in [0.29, 0.717) is 5.41 Å². The minimum absolute atomic E-state index is 0.215. The lowest BCUT2D eigenvalue weighted by molar-refractivity contribution is 0.284. The van der Waals surface area contributed by atoms with Crippen molar-refractivity contribution in [2.24, 2.45) is 5.92 Å². The average Bonchev–Trinajstić information content (AvgIpc) is 2.83. The van der Waals surface area contributed by atoms with E-state index in [1.54, 1.807) is 4.88 Å². The molecule has 0 radical (unpaired) electrons. The second kappa shape index (κ2) is 4.74. The van der Waals surface area contributed by atoms with E-state index < -0.39 is 0 Å². The predicted octanol–water partition coefficient (Wildman–Crippen LogP) is 4.19. The molecule has 1 heterocycles. The fourth-order valence-electron chi connectivity index (χ4n) is 2.95. The van der Waals surface area contributed by atoms with Crippen molar-refractivity contribution in [3.05, 3.63) is 22.4 Å². The highest BCUT2D eigenvalue weighted by Crippen LogP contribution is 2.46. The highest BCUT2D eigenvalue weighted by molar-refractivity contribution is 7.10. The summed E-state index contributed by atoms with van der Waals surface area (Å²) in [5.41, 5.74) is 0.605. The van der Waals surface area contributed by atoms with Crippen molar-refractivity contribution in [2.75, 3.05) is 6.54 Å². The predicted molar refractivity (Wildman–Crippen MR) is 76.8 cm³/mol. The fraction of sp³-hybridized carbons (Fsp3) is 0.733. The van der Waals surface area contributed by atoms with Crippen LogP contribution < -0.4 is 5.32 Å². The van der Waals surface area contributed by atoms with Gasteiger partial charge in [-0.1, -0.05) is 19.4 Å². The van der Waals surface area contributed by atoms with Crippen LogP contribution in [-0.4, -0.2) is 12.1 Å². The number of rotatable bonds is 3. The van der Waals surface area contributed by atoms with Gasteiger partial charge in [0.05, 0.1) is 0 Å². The molecule has 0 aromatic carbocycles. The van der Waals surface area contributed by atoms with Crippen LogP contribution in [0.1, 0.15) is 51.8 Å². The minimum Gasteiger partial charge on any atom is -0.311 e. The van der Waals surface area contributed by atoms with Gasteiger partial charge in [-0.25, -0.2) is 0 Å². The molecule has 2 rings (SSSR count). The number of nitrogens with one attached hydrogen (secondary N) is 1. The van der Waals surface area contributed by atoms with Gasteiger partial charge in [0.2, 0.25) is 0 Å². The van der Waals surface area contributed by atoms with Gasteiger partial charge in [0.15, 0.2) is 0 Å². The highest BCUT2D eigenvalue weighted by Gasteiger charge is 2.42. The van der Waals surface area contributed by atoms with Crippen molar-refractivity contribution in [3.8, 4) is 0 Å². The van der Waals surface area contributed by atoms with E-state index in [2.05, 4.69) is 50.5 Å². The molecule has 1 nitrogen and oxygen atoms in total. The van der Waals surface area contributed by atoms with Crippen LogP contribution in [0.2, 0.25) is 0 Å². The van der Waals surface area contributed by atoms with Crippen LogP contribution in [0.5, 0.6) is 0 Å². The lowest BCUT2D eigenvalue weighted by Gasteiger charge is -2.36. The van der Waals surface area contributed by atoms with Crippen LogP contribution in [0.15, 0.2) is 17.5 Å². The molecule has 96 valence electrons. The second-order valence-corrected chi connectivity index (χ2v) is 7.48. The summed E-state index contributed by atoms with van der Waals surface area (Å²) in [4.78, 5) is 1.58. The van der Waals surface area contributed by atoms with E-state index in [1.165, 1.54) is 19.3 Å². The van der Waals surface area contributed by atoms with Crippen molar-refractivity contribution >= 4 is 11.3 Å². The Morgan fingerprint density at radius 3 is 2.71 bits per heavy atom. The highest BCUT2D eigenvalue weighted by atomic mass is 32.1. The third kappa shape index (κ3) is 2.74. The van der Waals surface area contributed by atoms with Crippen molar-refractivity contribution in [3.63, 3.8) is 0 Å². The molecule has 0 amide bonds. The van der Waals surface area contributed by atoms with E-state index in [9.17, 15) is 0 Å². The van der Waals surface area contributed by atoms with E-state index >= 15 is 0 Å². The molecular formula is C15H25NS. The lowest BCUT2D eigenvalue weighted by atomic mass is 9.77. The second-order valence-electron chi connectivity index (χ2n) is 6.53. The van der Waals surface area contributed by atoms with Crippen LogP contribution in [0, 0.1) is 5.92 Å². The lowest BCUT2D eigenvalue weighted by Crippen LogP contribution is -2.47. The number of thiophene rings is 1. The van der Waals surface area contributed by atoms with Gasteiger partial charge in [-0.15, -0.1) is 11.3 Å². The maximum absolute atomic E-state index is 3.73. The Hall–Kier alpha value is -0.340. The Balaban J connectivity index is 2.20. The molecule has 2 atom stereocenters. The Labute approximate surface area is 110 Å². The maximum atomic E-state index is 3.73. The van der Waals surface area contributed by atoms with E-state index in [0.717, 1.165) is 12.5 Å². The Kier molecular flexibility index (Phi) is 3.65. The van der Waals surface area contributed by atoms with Crippen molar-refractivity contribution < 1.29 is 0 Å². The molecule has 2 heteroatoms. The summed E-state index contributed by atoms with van der Waals surface area (Å²) in [5.74, 6) is 0.802. The molecule has 1 N–H and O–H groups in total. The van der Waals surface area contributed by atoms with E-state index in [-0.39, 0.29) is 5.54 Å². The van der Waals surface area contributed by atoms with Crippen molar-refractivity contribution in [1.29, 1.82) is 0 Å². The maximum Gasteiger partial charge on any atom is 0.0197 e. The van der Waals surface area contributed by atoms with Crippen LogP contribution in [-0.2, 0) is 5.41 Å². The average molecular weight is 251 g/mol. The summed E-state index contributed by atoms with van der Waals surface area (Å²) in [6.45, 7) is 10.3. The molecule has 0 spiro atoms. The fourth-order valence-corrected chi connectivity index (χ4v) is 4.02. The Morgan fingerprint density at radius 2 is 2.24 bits per heavy atom. The van der Waals surface area contributed by atoms with Crippen LogP contribution in [0.25, 0.3) is 0 Å². The third-order valence-corrected chi connectivity index (χ3v) is 5.24. The molecule has 1 aliphatic rings. The smallest absolute Gasteiger partial charge is 0.0197 e. The first-order valence-corrected chi connectivity index (χ1v) is 7.61. The minimum atomic E-state index is 0.215. The molecule has 1 aliphatic carbocycles. The zero-order valence-electron chi connectivity index (χ0n) is 11.5. The largest absolute Gasteiger partial charge is 0.311 e. The molecule has 2 unspecified atom stereocenters. The van der Waals surface area contributed by atoms with Gasteiger partial charge < -0.3 is 5.32 Å². The standard InChI is InChI=1S/C15H25NS/c1-12-7-5-9-15(12,11-16-14(2,3)4)13-8-6-10-17-13/h6,8,10,12,16H,5,7,9,11H2,1-4H3. The molecule has 1 saturated carbocycles. The first-order chi connectivity index (χ1) is 7.94. The van der Waals surface area contributed by atoms with Gasteiger partial charge in [0.25, 0.3) is 0 Å². The zero-order chi connectivity index (χ0) is 12.5. The summed E-state index contributed by atoms with van der Waals surface area (Å²) in [6.07, 6.45) is 4.10. The van der Waals surface area contributed by atoms with Gasteiger partial charge in [-0.05, 0) is 51.0 Å². The molecule has 1 aromatic rings. The number of hydrogen-bond donors (Lipinski definition) is 1. The summed E-state index contributed by atoms with van der Waals surface area (Å²) in [5, 5.41) is 5.95. The topological polar surface area (TPSA) is 12.0 Å². The molecule has 0 bridgehead atoms. The third-order valence-electron chi connectivity index (χ3n) is 4.15. The monoisotopic (exact) mass is 251 g/mol. The molecule has 0 saturated heterocycles. The molecule has 0 aliphatic heterocycles. The summed E-state index contributed by atoms with van der Waals surface area (Å²) >= 11 is 1.93. The van der Waals surface area contributed by atoms with Gasteiger partial charge in [0, 0.05) is 22.4 Å². The summed E-state index contributed by atoms with van der Waals surface area (Å²) in [7, 11) is 0. The summed E-state index contributed by atoms with van der Waals surface area (Å²) < 4.78 is 0. The Bertz CT molecular complexity index is 349. The van der Waals surface area contributed by atoms with Crippen LogP contribution >= 0.6 is 11.3 Å². The van der Waals surface area contributed by atoms with E-state index in [4.69, 9.17) is 0 Å². The molecule has 1 fully saturated rings. The van der Waals surface area contributed by atoms with Crippen LogP contribution in [0.3, 0.4) is 0 Å². The molecule has 17 heavy (non-hydrogen) atoms. The first-order valence-electron chi connectivity index (χ1n) is 6.73. The van der Waals surface area contributed by atoms with Gasteiger partial charge in [-0.3, -0.25) is 0 Å². The van der Waals surface area contributed by atoms with Gasteiger partial charge >= 0.3 is 0 Å². The molecular weight excluding hydrogens is 226 g/mol. The van der Waals surface area contributed by atoms with Gasteiger partial charge in [-0.2, -0.15) is 0 Å². The SMILES string of the molecule is CC1CCCC1(CNC(C)(C)C)c1cccs1.